The summed E-state index contributed by atoms with van der Waals surface area (Å²) in [7, 11) is 0. The Labute approximate surface area is 258 Å². The van der Waals surface area contributed by atoms with Crippen LogP contribution in [0.3, 0.4) is 0 Å². The third kappa shape index (κ3) is 15.4. The first-order valence-corrected chi connectivity index (χ1v) is 15.3. The molecule has 0 N–H and O–H groups in total. The summed E-state index contributed by atoms with van der Waals surface area (Å²) < 4.78 is 0. The molecule has 0 unspecified atom stereocenters. The number of allylic oxidation sites excluding steroid dienone is 8. The second-order valence-corrected chi connectivity index (χ2v) is 10.6. The second-order valence-electron chi connectivity index (χ2n) is 10.6. The zero-order chi connectivity index (χ0) is 25.0. The monoisotopic (exact) mass is 554 g/mol. The third-order valence-electron chi connectivity index (χ3n) is 7.25. The normalized spacial score (nSPS) is 15.1. The van der Waals surface area contributed by atoms with Gasteiger partial charge in [0.25, 0.3) is 0 Å². The zero-order valence-corrected chi connectivity index (χ0v) is 28.3. The first-order valence-electron chi connectivity index (χ1n) is 15.3. The van der Waals surface area contributed by atoms with Crippen LogP contribution in [0.15, 0.2) is 33.4 Å². The molecule has 196 valence electrons. The van der Waals surface area contributed by atoms with Gasteiger partial charge in [-0.25, -0.2) is 34.4 Å². The molecule has 0 aromatic carbocycles. The van der Waals surface area contributed by atoms with Crippen molar-refractivity contribution in [2.45, 2.75) is 170 Å². The molecule has 35 heavy (non-hydrogen) atoms. The van der Waals surface area contributed by atoms with Gasteiger partial charge in [-0.2, -0.15) is 11.1 Å². The molecule has 0 nitrogen and oxygen atoms in total. The average molecular weight is 554 g/mol. The molecule has 0 bridgehead atoms. The summed E-state index contributed by atoms with van der Waals surface area (Å²) in [6.45, 7) is 13.7. The predicted octanol–water partition coefficient (Wildman–Crippen LogP) is 11.6. The number of unbranched alkanes of at least 4 members (excludes halogenated alkanes) is 6. The van der Waals surface area contributed by atoms with Crippen molar-refractivity contribution in [2.75, 3.05) is 0 Å². The van der Waals surface area contributed by atoms with Gasteiger partial charge >= 0.3 is 45.5 Å². The first-order chi connectivity index (χ1) is 16.6. The van der Waals surface area contributed by atoms with Crippen molar-refractivity contribution in [3.8, 4) is 0 Å². The van der Waals surface area contributed by atoms with Crippen molar-refractivity contribution >= 4 is 45.5 Å². The fourth-order valence-corrected chi connectivity index (χ4v) is 4.95. The minimum absolute atomic E-state index is 0. The largest absolute Gasteiger partial charge is 2.00 e. The van der Waals surface area contributed by atoms with Crippen molar-refractivity contribution in [3.63, 3.8) is 0 Å². The van der Waals surface area contributed by atoms with E-state index in [-0.39, 0.29) is 45.5 Å². The number of hydrogen-bond acceptors (Lipinski definition) is 0. The molecule has 0 aromatic rings. The van der Waals surface area contributed by atoms with Gasteiger partial charge in [0.15, 0.2) is 0 Å². The number of hydrogen-bond donors (Lipinski definition) is 0. The zero-order valence-electron chi connectivity index (χ0n) is 24.8. The minimum Gasteiger partial charge on any atom is -0.249 e. The Morgan fingerprint density at radius 2 is 0.714 bits per heavy atom. The van der Waals surface area contributed by atoms with Crippen LogP contribution in [0.2, 0.25) is 0 Å². The van der Waals surface area contributed by atoms with Gasteiger partial charge in [0.05, 0.1) is 0 Å². The maximum Gasteiger partial charge on any atom is 2.00 e. The third-order valence-corrected chi connectivity index (χ3v) is 7.25. The molecule has 0 spiro atoms. The van der Waals surface area contributed by atoms with Crippen molar-refractivity contribution in [3.05, 3.63) is 45.6 Å². The number of rotatable bonds is 18. The molecule has 2 aliphatic rings. The Hall–Kier alpha value is 0.441. The van der Waals surface area contributed by atoms with Gasteiger partial charge in [0.2, 0.25) is 0 Å². The fraction of sp³-hybridized carbons (Fsp3) is 0.765. The van der Waals surface area contributed by atoms with Gasteiger partial charge in [0, 0.05) is 0 Å². The molecule has 2 aliphatic carbocycles. The van der Waals surface area contributed by atoms with E-state index in [9.17, 15) is 0 Å². The maximum absolute atomic E-state index is 3.72. The second kappa shape index (κ2) is 23.5. The van der Waals surface area contributed by atoms with E-state index >= 15 is 0 Å². The summed E-state index contributed by atoms with van der Waals surface area (Å²) in [5.74, 6) is 0. The Balaban J connectivity index is 0.000000642. The van der Waals surface area contributed by atoms with Gasteiger partial charge in [-0.1, -0.05) is 170 Å². The van der Waals surface area contributed by atoms with E-state index in [2.05, 4.69) is 53.7 Å². The van der Waals surface area contributed by atoms with Gasteiger partial charge in [-0.05, 0) is 0 Å². The standard InChI is InChI=1S/2C17H29.Sr/c2*1-4-7-10-15-13-16(11-8-5-2)17(14-15)12-9-6-3;/h2*4-13H2,1-3H3;/q2*-1;+2. The van der Waals surface area contributed by atoms with Crippen molar-refractivity contribution in [1.82, 2.24) is 0 Å². The Bertz CT molecular complexity index is 600. The van der Waals surface area contributed by atoms with Gasteiger partial charge in [-0.3, -0.25) is 0 Å². The van der Waals surface area contributed by atoms with E-state index in [0.717, 1.165) is 0 Å². The molecule has 2 rings (SSSR count). The summed E-state index contributed by atoms with van der Waals surface area (Å²) in [5, 5.41) is 0. The summed E-state index contributed by atoms with van der Waals surface area (Å²) in [4.78, 5) is 0. The topological polar surface area (TPSA) is 0 Å². The maximum atomic E-state index is 3.72. The van der Waals surface area contributed by atoms with Crippen LogP contribution in [0.4, 0.5) is 0 Å². The molecule has 0 aromatic heterocycles. The molecule has 0 aliphatic heterocycles. The summed E-state index contributed by atoms with van der Waals surface area (Å²) in [5.41, 5.74) is 9.75. The fourth-order valence-electron chi connectivity index (χ4n) is 4.95. The molecule has 0 fully saturated rings. The van der Waals surface area contributed by atoms with E-state index in [1.54, 1.807) is 33.4 Å². The van der Waals surface area contributed by atoms with Crippen LogP contribution in [0.5, 0.6) is 0 Å². The van der Waals surface area contributed by atoms with Crippen LogP contribution in [0, 0.1) is 12.2 Å². The summed E-state index contributed by atoms with van der Waals surface area (Å²) >= 11 is 0. The smallest absolute Gasteiger partial charge is 0.249 e. The van der Waals surface area contributed by atoms with Crippen LogP contribution in [0.1, 0.15) is 170 Å². The van der Waals surface area contributed by atoms with E-state index in [0.29, 0.717) is 0 Å². The molecule has 0 amide bonds. The Kier molecular flexibility index (Phi) is 23.8. The van der Waals surface area contributed by atoms with Crippen molar-refractivity contribution in [1.29, 1.82) is 0 Å². The van der Waals surface area contributed by atoms with E-state index in [1.807, 2.05) is 0 Å². The summed E-state index contributed by atoms with van der Waals surface area (Å²) in [6.07, 6.45) is 33.6. The van der Waals surface area contributed by atoms with Gasteiger partial charge in [-0.15, -0.1) is 0 Å². The van der Waals surface area contributed by atoms with Crippen molar-refractivity contribution < 1.29 is 0 Å². The van der Waals surface area contributed by atoms with Crippen LogP contribution in [0.25, 0.3) is 0 Å². The quantitative estimate of drug-likeness (QED) is 0.117. The molecular formula is C34H58Sr. The molecule has 1 heteroatoms. The Morgan fingerprint density at radius 1 is 0.429 bits per heavy atom. The van der Waals surface area contributed by atoms with Crippen LogP contribution in [-0.2, 0) is 0 Å². The van der Waals surface area contributed by atoms with E-state index < -0.39 is 0 Å². The molecular weight excluding hydrogens is 496 g/mol. The van der Waals surface area contributed by atoms with Crippen LogP contribution >= 0.6 is 0 Å². The average Bonchev–Trinajstić information content (AvgIpc) is 3.44. The van der Waals surface area contributed by atoms with Gasteiger partial charge < -0.3 is 0 Å². The molecule has 0 radical (unpaired) electrons. The molecule has 0 saturated carbocycles. The Morgan fingerprint density at radius 3 is 1.03 bits per heavy atom. The molecule has 0 saturated heterocycles. The van der Waals surface area contributed by atoms with Crippen LogP contribution in [-0.4, -0.2) is 45.5 Å². The van der Waals surface area contributed by atoms with Gasteiger partial charge in [0.1, 0.15) is 0 Å². The summed E-state index contributed by atoms with van der Waals surface area (Å²) in [6, 6.07) is 0. The first kappa shape index (κ1) is 35.4. The SMILES string of the molecule is CCCCC1=[C-]C(CCCC)=C(CCCC)C1.CCCCC1=[C-]C(CCCC)=C(CCCC)C1.[Sr+2]. The van der Waals surface area contributed by atoms with Crippen molar-refractivity contribution in [2.24, 2.45) is 0 Å². The van der Waals surface area contributed by atoms with E-state index in [4.69, 9.17) is 0 Å². The minimum atomic E-state index is 0. The predicted molar refractivity (Wildman–Crippen MR) is 160 cm³/mol. The molecule has 0 atom stereocenters. The van der Waals surface area contributed by atoms with Crippen LogP contribution < -0.4 is 0 Å². The molecule has 0 heterocycles. The van der Waals surface area contributed by atoms with E-state index in [1.165, 1.54) is 128 Å².